The Morgan fingerprint density at radius 3 is 2.43 bits per heavy atom. The van der Waals surface area contributed by atoms with Gasteiger partial charge in [-0.3, -0.25) is 9.59 Å². The lowest BCUT2D eigenvalue weighted by Gasteiger charge is -2.14. The minimum absolute atomic E-state index is 0.121. The Bertz CT molecular complexity index is 660. The van der Waals surface area contributed by atoms with E-state index in [4.69, 9.17) is 23.2 Å². The van der Waals surface area contributed by atoms with Gasteiger partial charge in [0.15, 0.2) is 5.78 Å². The van der Waals surface area contributed by atoms with E-state index in [1.165, 1.54) is 18.2 Å². The highest BCUT2D eigenvalue weighted by Crippen LogP contribution is 2.22. The van der Waals surface area contributed by atoms with E-state index in [0.29, 0.717) is 5.02 Å². The van der Waals surface area contributed by atoms with E-state index >= 15 is 0 Å². The molecule has 21 heavy (non-hydrogen) atoms. The predicted octanol–water partition coefficient (Wildman–Crippen LogP) is 1.66. The molecule has 1 aromatic rings. The molecule has 0 spiro atoms. The van der Waals surface area contributed by atoms with Gasteiger partial charge >= 0.3 is 5.97 Å². The number of hydrogen-bond donors (Lipinski definition) is 1. The van der Waals surface area contributed by atoms with Crippen LogP contribution in [0.5, 0.6) is 0 Å². The first-order chi connectivity index (χ1) is 9.64. The molecule has 0 saturated heterocycles. The second-order valence-electron chi connectivity index (χ2n) is 4.22. The fourth-order valence-corrected chi connectivity index (χ4v) is 2.80. The van der Waals surface area contributed by atoms with Crippen molar-refractivity contribution in [2.75, 3.05) is 13.4 Å². The fraction of sp³-hybridized carbons (Fsp3) is 0.333. The van der Waals surface area contributed by atoms with Crippen LogP contribution in [-0.2, 0) is 19.6 Å². The monoisotopic (exact) mass is 353 g/mol. The topological polar surface area (TPSA) is 89.5 Å². The van der Waals surface area contributed by atoms with E-state index in [1.54, 1.807) is 0 Å². The molecule has 0 aliphatic rings. The first-order valence-corrected chi connectivity index (χ1v) is 8.32. The van der Waals surface area contributed by atoms with Crippen molar-refractivity contribution >= 4 is 45.0 Å². The number of carbonyl (C=O) groups is 2. The molecule has 6 nitrogen and oxygen atoms in total. The van der Waals surface area contributed by atoms with Gasteiger partial charge in [-0.15, -0.1) is 0 Å². The Morgan fingerprint density at radius 2 is 1.95 bits per heavy atom. The van der Waals surface area contributed by atoms with Crippen LogP contribution >= 0.6 is 23.2 Å². The van der Waals surface area contributed by atoms with Crippen LogP contribution in [0.1, 0.15) is 16.8 Å². The van der Waals surface area contributed by atoms with Crippen LogP contribution in [0, 0.1) is 0 Å². The van der Waals surface area contributed by atoms with Gasteiger partial charge in [0.25, 0.3) is 0 Å². The predicted molar refractivity (Wildman–Crippen MR) is 79.2 cm³/mol. The van der Waals surface area contributed by atoms with E-state index in [1.807, 2.05) is 4.72 Å². The minimum atomic E-state index is -3.68. The Balaban J connectivity index is 2.97. The van der Waals surface area contributed by atoms with Crippen LogP contribution in [0.4, 0.5) is 0 Å². The van der Waals surface area contributed by atoms with Gasteiger partial charge in [-0.1, -0.05) is 23.2 Å². The quantitative estimate of drug-likeness (QED) is 0.620. The average molecular weight is 354 g/mol. The number of halogens is 2. The molecule has 0 aromatic heterocycles. The molecule has 1 unspecified atom stereocenters. The summed E-state index contributed by atoms with van der Waals surface area (Å²) in [4.78, 5) is 23.7. The Hall–Kier alpha value is -1.15. The summed E-state index contributed by atoms with van der Waals surface area (Å²) in [6, 6.07) is 2.94. The van der Waals surface area contributed by atoms with Gasteiger partial charge in [-0.05, 0) is 18.2 Å². The van der Waals surface area contributed by atoms with Gasteiger partial charge in [-0.25, -0.2) is 13.1 Å². The summed E-state index contributed by atoms with van der Waals surface area (Å²) in [6.07, 6.45) is 0.462. The number of ketones is 1. The van der Waals surface area contributed by atoms with Crippen molar-refractivity contribution in [2.24, 2.45) is 0 Å². The van der Waals surface area contributed by atoms with E-state index < -0.39 is 34.2 Å². The van der Waals surface area contributed by atoms with E-state index in [-0.39, 0.29) is 10.6 Å². The van der Waals surface area contributed by atoms with Gasteiger partial charge in [0, 0.05) is 17.0 Å². The number of Topliss-reactive ketones (excluding diaryl/α,β-unsaturated/α-hetero) is 1. The summed E-state index contributed by atoms with van der Waals surface area (Å²) in [6.45, 7) is 0. The fourth-order valence-electron chi connectivity index (χ4n) is 1.58. The van der Waals surface area contributed by atoms with Crippen LogP contribution in [0.15, 0.2) is 18.2 Å². The SMILES string of the molecule is COC(=O)C(CC(=O)c1ccc(Cl)cc1Cl)NS(C)(=O)=O. The van der Waals surface area contributed by atoms with Crippen LogP contribution in [0.25, 0.3) is 0 Å². The highest BCUT2D eigenvalue weighted by Gasteiger charge is 2.27. The number of carbonyl (C=O) groups excluding carboxylic acids is 2. The first-order valence-electron chi connectivity index (χ1n) is 5.67. The molecule has 1 atom stereocenters. The summed E-state index contributed by atoms with van der Waals surface area (Å²) in [7, 11) is -2.58. The maximum Gasteiger partial charge on any atom is 0.324 e. The second-order valence-corrected chi connectivity index (χ2v) is 6.84. The first kappa shape index (κ1) is 17.9. The molecule has 0 aliphatic heterocycles. The zero-order valence-electron chi connectivity index (χ0n) is 11.2. The smallest absolute Gasteiger partial charge is 0.324 e. The van der Waals surface area contributed by atoms with Crippen molar-refractivity contribution in [1.29, 1.82) is 0 Å². The molecule has 0 aliphatic carbocycles. The number of hydrogen-bond acceptors (Lipinski definition) is 5. The van der Waals surface area contributed by atoms with E-state index in [2.05, 4.69) is 4.74 Å². The molecule has 0 amide bonds. The molecule has 0 bridgehead atoms. The van der Waals surface area contributed by atoms with Crippen molar-refractivity contribution < 1.29 is 22.7 Å². The zero-order chi connectivity index (χ0) is 16.2. The molecular formula is C12H13Cl2NO5S. The zero-order valence-corrected chi connectivity index (χ0v) is 13.6. The highest BCUT2D eigenvalue weighted by atomic mass is 35.5. The standard InChI is InChI=1S/C12H13Cl2NO5S/c1-20-12(17)10(15-21(2,18)19)6-11(16)8-4-3-7(13)5-9(8)14/h3-5,10,15H,6H2,1-2H3. The van der Waals surface area contributed by atoms with Gasteiger partial charge in [-0.2, -0.15) is 0 Å². The van der Waals surface area contributed by atoms with E-state index in [9.17, 15) is 18.0 Å². The molecule has 1 rings (SSSR count). The maximum absolute atomic E-state index is 12.1. The number of methoxy groups -OCH3 is 1. The third-order valence-electron chi connectivity index (χ3n) is 2.46. The van der Waals surface area contributed by atoms with Crippen molar-refractivity contribution in [3.63, 3.8) is 0 Å². The third-order valence-corrected chi connectivity index (χ3v) is 3.72. The van der Waals surface area contributed by atoms with Crippen molar-refractivity contribution in [1.82, 2.24) is 4.72 Å². The third kappa shape index (κ3) is 5.62. The Morgan fingerprint density at radius 1 is 1.33 bits per heavy atom. The van der Waals surface area contributed by atoms with Crippen LogP contribution < -0.4 is 4.72 Å². The number of ether oxygens (including phenoxy) is 1. The van der Waals surface area contributed by atoms with Crippen molar-refractivity contribution in [3.8, 4) is 0 Å². The molecule has 0 radical (unpaired) electrons. The summed E-state index contributed by atoms with van der Waals surface area (Å²) in [5, 5.41) is 0.478. The summed E-state index contributed by atoms with van der Waals surface area (Å²) in [5.41, 5.74) is 0.144. The lowest BCUT2D eigenvalue weighted by molar-refractivity contribution is -0.142. The largest absolute Gasteiger partial charge is 0.468 e. The molecule has 0 saturated carbocycles. The van der Waals surface area contributed by atoms with E-state index in [0.717, 1.165) is 13.4 Å². The molecule has 0 heterocycles. The summed E-state index contributed by atoms with van der Waals surface area (Å²) in [5.74, 6) is -1.37. The maximum atomic E-state index is 12.1. The molecule has 0 fully saturated rings. The van der Waals surface area contributed by atoms with Gasteiger partial charge < -0.3 is 4.74 Å². The van der Waals surface area contributed by atoms with Gasteiger partial charge in [0.05, 0.1) is 18.4 Å². The lowest BCUT2D eigenvalue weighted by atomic mass is 10.0. The molecule has 1 N–H and O–H groups in total. The highest BCUT2D eigenvalue weighted by molar-refractivity contribution is 7.88. The van der Waals surface area contributed by atoms with Crippen molar-refractivity contribution in [2.45, 2.75) is 12.5 Å². The number of benzene rings is 1. The number of sulfonamides is 1. The lowest BCUT2D eigenvalue weighted by Crippen LogP contribution is -2.42. The normalized spacial score (nSPS) is 12.8. The average Bonchev–Trinajstić information content (AvgIpc) is 2.35. The van der Waals surface area contributed by atoms with Gasteiger partial charge in [0.1, 0.15) is 6.04 Å². The number of rotatable bonds is 6. The Kier molecular flexibility index (Phi) is 6.15. The molecule has 9 heteroatoms. The number of esters is 1. The summed E-state index contributed by atoms with van der Waals surface area (Å²) >= 11 is 11.6. The number of nitrogens with one attached hydrogen (secondary N) is 1. The van der Waals surface area contributed by atoms with Crippen LogP contribution in [0.3, 0.4) is 0 Å². The Labute approximate surface area is 132 Å². The molecular weight excluding hydrogens is 341 g/mol. The summed E-state index contributed by atoms with van der Waals surface area (Å²) < 4.78 is 29.0. The van der Waals surface area contributed by atoms with Gasteiger partial charge in [0.2, 0.25) is 10.0 Å². The van der Waals surface area contributed by atoms with Crippen LogP contribution in [-0.4, -0.2) is 39.6 Å². The minimum Gasteiger partial charge on any atom is -0.468 e. The van der Waals surface area contributed by atoms with Crippen LogP contribution in [0.2, 0.25) is 10.0 Å². The molecule has 1 aromatic carbocycles. The second kappa shape index (κ2) is 7.22. The molecule has 116 valence electrons. The van der Waals surface area contributed by atoms with Crippen molar-refractivity contribution in [3.05, 3.63) is 33.8 Å².